The molecule has 1 aliphatic heterocycles. The number of carbonyl (C=O) groups is 1. The molecule has 0 aliphatic carbocycles. The predicted octanol–water partition coefficient (Wildman–Crippen LogP) is 1.79. The van der Waals surface area contributed by atoms with Gasteiger partial charge in [-0.3, -0.25) is 4.79 Å². The summed E-state index contributed by atoms with van der Waals surface area (Å²) in [5.41, 5.74) is 2.26. The molecule has 1 aliphatic rings. The summed E-state index contributed by atoms with van der Waals surface area (Å²) in [4.78, 5) is 16.0. The molecule has 0 unspecified atom stereocenters. The highest BCUT2D eigenvalue weighted by atomic mass is 16.2. The lowest BCUT2D eigenvalue weighted by atomic mass is 10.2. The van der Waals surface area contributed by atoms with Crippen LogP contribution in [0.1, 0.15) is 13.3 Å². The van der Waals surface area contributed by atoms with E-state index in [0.29, 0.717) is 6.54 Å². The highest BCUT2D eigenvalue weighted by Gasteiger charge is 2.18. The highest BCUT2D eigenvalue weighted by molar-refractivity contribution is 5.83. The van der Waals surface area contributed by atoms with E-state index in [9.17, 15) is 4.79 Å². The molecule has 18 heavy (non-hydrogen) atoms. The van der Waals surface area contributed by atoms with Crippen molar-refractivity contribution in [2.24, 2.45) is 0 Å². The minimum absolute atomic E-state index is 0.175. The SMILES string of the molecule is CCN(C)C(=O)CN1CCCNc2ccccc21. The number of anilines is 2. The maximum absolute atomic E-state index is 12.0. The van der Waals surface area contributed by atoms with Gasteiger partial charge in [-0.25, -0.2) is 0 Å². The number of likely N-dealkylation sites (N-methyl/N-ethyl adjacent to an activating group) is 1. The van der Waals surface area contributed by atoms with Gasteiger partial charge in [-0.15, -0.1) is 0 Å². The molecule has 0 atom stereocenters. The van der Waals surface area contributed by atoms with Crippen LogP contribution in [0.4, 0.5) is 11.4 Å². The molecule has 0 aromatic heterocycles. The predicted molar refractivity (Wildman–Crippen MR) is 75.1 cm³/mol. The third-order valence-corrected chi connectivity index (χ3v) is 3.39. The van der Waals surface area contributed by atoms with Crippen LogP contribution in [0, 0.1) is 0 Å². The molecule has 0 saturated heterocycles. The summed E-state index contributed by atoms with van der Waals surface area (Å²) in [5.74, 6) is 0.175. The van der Waals surface area contributed by atoms with Gasteiger partial charge in [0.05, 0.1) is 17.9 Å². The van der Waals surface area contributed by atoms with E-state index in [-0.39, 0.29) is 5.91 Å². The molecule has 0 spiro atoms. The van der Waals surface area contributed by atoms with Gasteiger partial charge in [-0.2, -0.15) is 0 Å². The minimum atomic E-state index is 0.175. The zero-order valence-electron chi connectivity index (χ0n) is 11.1. The number of fused-ring (bicyclic) bond motifs is 1. The fourth-order valence-electron chi connectivity index (χ4n) is 2.14. The van der Waals surface area contributed by atoms with E-state index in [1.807, 2.05) is 26.1 Å². The van der Waals surface area contributed by atoms with Crippen molar-refractivity contribution in [3.63, 3.8) is 0 Å². The number of hydrogen-bond donors (Lipinski definition) is 1. The molecule has 0 saturated carbocycles. The molecule has 2 rings (SSSR count). The van der Waals surface area contributed by atoms with Gasteiger partial charge >= 0.3 is 0 Å². The first-order valence-electron chi connectivity index (χ1n) is 6.54. The summed E-state index contributed by atoms with van der Waals surface area (Å²) in [7, 11) is 1.85. The zero-order valence-corrected chi connectivity index (χ0v) is 11.1. The van der Waals surface area contributed by atoms with Gasteiger partial charge in [0.15, 0.2) is 0 Å². The molecule has 0 fully saturated rings. The Labute approximate surface area is 109 Å². The van der Waals surface area contributed by atoms with E-state index in [2.05, 4.69) is 22.3 Å². The van der Waals surface area contributed by atoms with Crippen LogP contribution in [0.25, 0.3) is 0 Å². The number of rotatable bonds is 3. The first kappa shape index (κ1) is 12.7. The normalized spacial score (nSPS) is 14.4. The van der Waals surface area contributed by atoms with Gasteiger partial charge < -0.3 is 15.1 Å². The Hall–Kier alpha value is -1.71. The number of carbonyl (C=O) groups excluding carboxylic acids is 1. The summed E-state index contributed by atoms with van der Waals surface area (Å²) in [6, 6.07) is 8.19. The molecule has 1 aromatic carbocycles. The van der Waals surface area contributed by atoms with Gasteiger partial charge in [0.25, 0.3) is 0 Å². The maximum atomic E-state index is 12.0. The van der Waals surface area contributed by atoms with E-state index >= 15 is 0 Å². The molecular weight excluding hydrogens is 226 g/mol. The Balaban J connectivity index is 2.15. The molecule has 1 amide bonds. The monoisotopic (exact) mass is 247 g/mol. The van der Waals surface area contributed by atoms with Crippen molar-refractivity contribution in [3.8, 4) is 0 Å². The number of nitrogens with one attached hydrogen (secondary N) is 1. The average Bonchev–Trinajstić information content (AvgIpc) is 2.60. The van der Waals surface area contributed by atoms with Crippen molar-refractivity contribution in [3.05, 3.63) is 24.3 Å². The van der Waals surface area contributed by atoms with Crippen LogP contribution in [0.3, 0.4) is 0 Å². The molecule has 1 N–H and O–H groups in total. The number of amides is 1. The summed E-state index contributed by atoms with van der Waals surface area (Å²) in [6.45, 7) is 5.10. The Morgan fingerprint density at radius 2 is 2.22 bits per heavy atom. The second-order valence-electron chi connectivity index (χ2n) is 4.63. The van der Waals surface area contributed by atoms with Crippen LogP contribution in [-0.2, 0) is 4.79 Å². The van der Waals surface area contributed by atoms with Crippen molar-refractivity contribution in [1.29, 1.82) is 0 Å². The number of hydrogen-bond acceptors (Lipinski definition) is 3. The fraction of sp³-hybridized carbons (Fsp3) is 0.500. The van der Waals surface area contributed by atoms with E-state index in [0.717, 1.165) is 37.4 Å². The average molecular weight is 247 g/mol. The standard InChI is InChI=1S/C14H21N3O/c1-3-16(2)14(18)11-17-10-6-9-15-12-7-4-5-8-13(12)17/h4-5,7-8,15H,3,6,9-11H2,1-2H3. The quantitative estimate of drug-likeness (QED) is 0.884. The van der Waals surface area contributed by atoms with Crippen molar-refractivity contribution in [2.45, 2.75) is 13.3 Å². The molecular formula is C14H21N3O. The maximum Gasteiger partial charge on any atom is 0.241 e. The number of nitrogens with zero attached hydrogens (tertiary/aromatic N) is 2. The third-order valence-electron chi connectivity index (χ3n) is 3.39. The topological polar surface area (TPSA) is 35.6 Å². The van der Waals surface area contributed by atoms with Gasteiger partial charge in [0.2, 0.25) is 5.91 Å². The lowest BCUT2D eigenvalue weighted by Crippen LogP contribution is -2.38. The first-order valence-corrected chi connectivity index (χ1v) is 6.54. The van der Waals surface area contributed by atoms with Crippen molar-refractivity contribution in [1.82, 2.24) is 4.90 Å². The fourth-order valence-corrected chi connectivity index (χ4v) is 2.14. The lowest BCUT2D eigenvalue weighted by Gasteiger charge is -2.26. The molecule has 1 heterocycles. The molecule has 1 aromatic rings. The van der Waals surface area contributed by atoms with Gasteiger partial charge in [-0.05, 0) is 25.5 Å². The molecule has 0 radical (unpaired) electrons. The lowest BCUT2D eigenvalue weighted by molar-refractivity contribution is -0.128. The Morgan fingerprint density at radius 3 is 3.00 bits per heavy atom. The molecule has 4 nitrogen and oxygen atoms in total. The summed E-state index contributed by atoms with van der Waals surface area (Å²) < 4.78 is 0. The third kappa shape index (κ3) is 2.75. The molecule has 4 heteroatoms. The first-order chi connectivity index (χ1) is 8.72. The van der Waals surface area contributed by atoms with Gasteiger partial charge in [0.1, 0.15) is 0 Å². The highest BCUT2D eigenvalue weighted by Crippen LogP contribution is 2.27. The second kappa shape index (κ2) is 5.76. The van der Waals surface area contributed by atoms with E-state index < -0.39 is 0 Å². The Morgan fingerprint density at radius 1 is 1.44 bits per heavy atom. The van der Waals surface area contributed by atoms with Crippen molar-refractivity contribution < 1.29 is 4.79 Å². The zero-order chi connectivity index (χ0) is 13.0. The van der Waals surface area contributed by atoms with Gasteiger partial charge in [-0.1, -0.05) is 12.1 Å². The van der Waals surface area contributed by atoms with Crippen LogP contribution >= 0.6 is 0 Å². The van der Waals surface area contributed by atoms with Crippen LogP contribution in [0.5, 0.6) is 0 Å². The van der Waals surface area contributed by atoms with Crippen LogP contribution < -0.4 is 10.2 Å². The van der Waals surface area contributed by atoms with Gasteiger partial charge in [0, 0.05) is 26.7 Å². The van der Waals surface area contributed by atoms with Crippen LogP contribution in [0.15, 0.2) is 24.3 Å². The number of para-hydroxylation sites is 2. The van der Waals surface area contributed by atoms with Crippen molar-refractivity contribution in [2.75, 3.05) is 43.4 Å². The van der Waals surface area contributed by atoms with E-state index in [4.69, 9.17) is 0 Å². The van der Waals surface area contributed by atoms with Crippen LogP contribution in [-0.4, -0.2) is 44.0 Å². The van der Waals surface area contributed by atoms with Crippen LogP contribution in [0.2, 0.25) is 0 Å². The summed E-state index contributed by atoms with van der Waals surface area (Å²) in [6.07, 6.45) is 1.05. The molecule has 98 valence electrons. The van der Waals surface area contributed by atoms with E-state index in [1.54, 1.807) is 4.90 Å². The smallest absolute Gasteiger partial charge is 0.241 e. The number of benzene rings is 1. The Bertz CT molecular complexity index is 419. The Kier molecular flexibility index (Phi) is 4.07. The molecule has 0 bridgehead atoms. The summed E-state index contributed by atoms with van der Waals surface area (Å²) >= 11 is 0. The minimum Gasteiger partial charge on any atom is -0.383 e. The second-order valence-corrected chi connectivity index (χ2v) is 4.63. The van der Waals surface area contributed by atoms with E-state index in [1.165, 1.54) is 0 Å². The van der Waals surface area contributed by atoms with Crippen molar-refractivity contribution >= 4 is 17.3 Å². The summed E-state index contributed by atoms with van der Waals surface area (Å²) in [5, 5.41) is 3.40. The largest absolute Gasteiger partial charge is 0.383 e.